The molecule has 2 heterocycles. The third-order valence-electron chi connectivity index (χ3n) is 3.98. The molecule has 0 radical (unpaired) electrons. The molecule has 3 nitrogen and oxygen atoms in total. The number of fused-ring (bicyclic) bond motifs is 1. The molecular formula is C13H23N3. The smallest absolute Gasteiger partial charge is 0.0621 e. The lowest BCUT2D eigenvalue weighted by molar-refractivity contribution is 0.180. The first-order valence-corrected chi connectivity index (χ1v) is 6.76. The van der Waals surface area contributed by atoms with Gasteiger partial charge in [-0.3, -0.25) is 4.90 Å². The average molecular weight is 221 g/mol. The third kappa shape index (κ3) is 2.96. The summed E-state index contributed by atoms with van der Waals surface area (Å²) in [5.41, 5.74) is 0. The van der Waals surface area contributed by atoms with Crippen molar-refractivity contribution in [1.82, 2.24) is 10.2 Å². The topological polar surface area (TPSA) is 39.1 Å². The van der Waals surface area contributed by atoms with E-state index in [2.05, 4.69) is 16.3 Å². The maximum absolute atomic E-state index is 8.45. The maximum atomic E-state index is 8.45. The minimum atomic E-state index is 0.710. The molecule has 0 spiro atoms. The fourth-order valence-electron chi connectivity index (χ4n) is 3.10. The van der Waals surface area contributed by atoms with Crippen LogP contribution in [0.1, 0.15) is 44.9 Å². The van der Waals surface area contributed by atoms with Crippen LogP contribution in [0.5, 0.6) is 0 Å². The van der Waals surface area contributed by atoms with Crippen molar-refractivity contribution >= 4 is 0 Å². The van der Waals surface area contributed by atoms with Gasteiger partial charge in [-0.25, -0.2) is 0 Å². The summed E-state index contributed by atoms with van der Waals surface area (Å²) in [7, 11) is 0. The van der Waals surface area contributed by atoms with Gasteiger partial charge in [-0.2, -0.15) is 5.26 Å². The molecule has 0 aliphatic carbocycles. The molecule has 2 aliphatic rings. The molecule has 0 amide bonds. The Kier molecular flexibility index (Phi) is 4.62. The molecule has 2 saturated heterocycles. The fraction of sp³-hybridized carbons (Fsp3) is 0.923. The van der Waals surface area contributed by atoms with Crippen LogP contribution >= 0.6 is 0 Å². The van der Waals surface area contributed by atoms with Gasteiger partial charge >= 0.3 is 0 Å². The standard InChI is InChI=1S/C13H23N3/c14-8-3-1-4-9-15-12-7-11-16-10-5-2-6-13(12)16/h12-13,15H,1-7,9-11H2. The average Bonchev–Trinajstić information content (AvgIpc) is 2.73. The Labute approximate surface area is 98.8 Å². The van der Waals surface area contributed by atoms with Gasteiger partial charge in [0, 0.05) is 25.0 Å². The molecule has 0 aromatic heterocycles. The van der Waals surface area contributed by atoms with E-state index in [9.17, 15) is 0 Å². The third-order valence-corrected chi connectivity index (χ3v) is 3.98. The number of nitrogens with one attached hydrogen (secondary N) is 1. The highest BCUT2D eigenvalue weighted by atomic mass is 15.2. The Balaban J connectivity index is 1.64. The lowest BCUT2D eigenvalue weighted by Crippen LogP contribution is -2.45. The molecule has 3 heteroatoms. The number of hydrogen-bond donors (Lipinski definition) is 1. The molecule has 2 unspecified atom stereocenters. The van der Waals surface area contributed by atoms with E-state index in [-0.39, 0.29) is 0 Å². The maximum Gasteiger partial charge on any atom is 0.0621 e. The van der Waals surface area contributed by atoms with Crippen molar-refractivity contribution in [2.75, 3.05) is 19.6 Å². The van der Waals surface area contributed by atoms with Gasteiger partial charge in [-0.1, -0.05) is 6.42 Å². The van der Waals surface area contributed by atoms with Gasteiger partial charge in [0.15, 0.2) is 0 Å². The van der Waals surface area contributed by atoms with Crippen molar-refractivity contribution < 1.29 is 0 Å². The molecule has 1 N–H and O–H groups in total. The van der Waals surface area contributed by atoms with Gasteiger partial charge in [0.25, 0.3) is 0 Å². The Morgan fingerprint density at radius 3 is 3.00 bits per heavy atom. The summed E-state index contributed by atoms with van der Waals surface area (Å²) < 4.78 is 0. The zero-order valence-electron chi connectivity index (χ0n) is 10.1. The monoisotopic (exact) mass is 221 g/mol. The molecular weight excluding hydrogens is 198 g/mol. The minimum Gasteiger partial charge on any atom is -0.312 e. The first-order chi connectivity index (χ1) is 7.92. The first-order valence-electron chi connectivity index (χ1n) is 6.76. The second-order valence-electron chi connectivity index (χ2n) is 5.06. The van der Waals surface area contributed by atoms with Crippen molar-refractivity contribution in [2.45, 2.75) is 57.0 Å². The summed E-state index contributed by atoms with van der Waals surface area (Å²) in [5, 5.41) is 12.1. The second kappa shape index (κ2) is 6.22. The predicted molar refractivity (Wildman–Crippen MR) is 65.1 cm³/mol. The molecule has 2 aliphatic heterocycles. The van der Waals surface area contributed by atoms with Crippen LogP contribution in [-0.4, -0.2) is 36.6 Å². The summed E-state index contributed by atoms with van der Waals surface area (Å²) >= 11 is 0. The Hall–Kier alpha value is -0.590. The number of rotatable bonds is 5. The SMILES string of the molecule is N#CCCCCNC1CCN2CCCCC12. The van der Waals surface area contributed by atoms with E-state index in [1.54, 1.807) is 0 Å². The lowest BCUT2D eigenvalue weighted by Gasteiger charge is -2.32. The number of nitrogens with zero attached hydrogens (tertiary/aromatic N) is 2. The fourth-order valence-corrected chi connectivity index (χ4v) is 3.10. The van der Waals surface area contributed by atoms with Crippen LogP contribution in [0.2, 0.25) is 0 Å². The summed E-state index contributed by atoms with van der Waals surface area (Å²) in [5.74, 6) is 0. The largest absolute Gasteiger partial charge is 0.312 e. The zero-order chi connectivity index (χ0) is 11.2. The van der Waals surface area contributed by atoms with E-state index in [0.29, 0.717) is 6.42 Å². The van der Waals surface area contributed by atoms with Crippen molar-refractivity contribution in [3.63, 3.8) is 0 Å². The van der Waals surface area contributed by atoms with E-state index in [4.69, 9.17) is 5.26 Å². The highest BCUT2D eigenvalue weighted by Crippen LogP contribution is 2.26. The van der Waals surface area contributed by atoms with Gasteiger partial charge in [0.1, 0.15) is 0 Å². The van der Waals surface area contributed by atoms with Crippen molar-refractivity contribution in [3.05, 3.63) is 0 Å². The van der Waals surface area contributed by atoms with Crippen LogP contribution in [0.15, 0.2) is 0 Å². The normalized spacial score (nSPS) is 29.9. The van der Waals surface area contributed by atoms with Crippen molar-refractivity contribution in [3.8, 4) is 6.07 Å². The summed E-state index contributed by atoms with van der Waals surface area (Å²) in [6.45, 7) is 3.70. The summed E-state index contributed by atoms with van der Waals surface area (Å²) in [6, 6.07) is 3.74. The quantitative estimate of drug-likeness (QED) is 0.721. The predicted octanol–water partition coefficient (Wildman–Crippen LogP) is 1.90. The van der Waals surface area contributed by atoms with Crippen LogP contribution in [0.3, 0.4) is 0 Å². The molecule has 2 fully saturated rings. The number of unbranched alkanes of at least 4 members (excludes halogenated alkanes) is 2. The molecule has 2 atom stereocenters. The Bertz CT molecular complexity index is 246. The van der Waals surface area contributed by atoms with E-state index >= 15 is 0 Å². The number of hydrogen-bond acceptors (Lipinski definition) is 3. The van der Waals surface area contributed by atoms with Gasteiger partial charge in [-0.15, -0.1) is 0 Å². The van der Waals surface area contributed by atoms with Gasteiger partial charge < -0.3 is 5.32 Å². The molecule has 90 valence electrons. The zero-order valence-corrected chi connectivity index (χ0v) is 10.1. The van der Waals surface area contributed by atoms with E-state index < -0.39 is 0 Å². The molecule has 2 rings (SSSR count). The van der Waals surface area contributed by atoms with Gasteiger partial charge in [-0.05, 0) is 45.2 Å². The highest BCUT2D eigenvalue weighted by Gasteiger charge is 2.34. The van der Waals surface area contributed by atoms with Gasteiger partial charge in [0.2, 0.25) is 0 Å². The van der Waals surface area contributed by atoms with Crippen LogP contribution in [-0.2, 0) is 0 Å². The first kappa shape index (κ1) is 11.9. The van der Waals surface area contributed by atoms with E-state index in [1.165, 1.54) is 38.8 Å². The summed E-state index contributed by atoms with van der Waals surface area (Å²) in [6.07, 6.45) is 8.42. The lowest BCUT2D eigenvalue weighted by atomic mass is 9.99. The molecule has 0 bridgehead atoms. The van der Waals surface area contributed by atoms with Crippen molar-refractivity contribution in [1.29, 1.82) is 5.26 Å². The number of piperidine rings is 1. The van der Waals surface area contributed by atoms with Gasteiger partial charge in [0.05, 0.1) is 6.07 Å². The molecule has 0 aromatic rings. The Morgan fingerprint density at radius 1 is 1.19 bits per heavy atom. The molecule has 0 saturated carbocycles. The summed E-state index contributed by atoms with van der Waals surface area (Å²) in [4.78, 5) is 2.66. The van der Waals surface area contributed by atoms with E-state index in [1.807, 2.05) is 0 Å². The molecule has 0 aromatic carbocycles. The second-order valence-corrected chi connectivity index (χ2v) is 5.06. The van der Waals surface area contributed by atoms with Crippen LogP contribution < -0.4 is 5.32 Å². The number of nitriles is 1. The van der Waals surface area contributed by atoms with Crippen LogP contribution in [0.4, 0.5) is 0 Å². The highest BCUT2D eigenvalue weighted by molar-refractivity contribution is 4.93. The van der Waals surface area contributed by atoms with Crippen LogP contribution in [0, 0.1) is 11.3 Å². The van der Waals surface area contributed by atoms with Crippen LogP contribution in [0.25, 0.3) is 0 Å². The minimum absolute atomic E-state index is 0.710. The van der Waals surface area contributed by atoms with E-state index in [0.717, 1.165) is 31.5 Å². The Morgan fingerprint density at radius 2 is 2.12 bits per heavy atom. The van der Waals surface area contributed by atoms with Crippen molar-refractivity contribution in [2.24, 2.45) is 0 Å². The molecule has 16 heavy (non-hydrogen) atoms.